The number of amides is 1. The number of aryl methyl sites for hydroxylation is 1. The first kappa shape index (κ1) is 19.1. The van der Waals surface area contributed by atoms with Crippen molar-refractivity contribution in [3.8, 4) is 17.2 Å². The molecule has 0 radical (unpaired) electrons. The number of carbonyl (C=O) groups is 1. The Morgan fingerprint density at radius 1 is 1.00 bits per heavy atom. The second-order valence-corrected chi connectivity index (χ2v) is 6.82. The molecule has 144 valence electrons. The van der Waals surface area contributed by atoms with Crippen molar-refractivity contribution < 1.29 is 19.0 Å². The van der Waals surface area contributed by atoms with E-state index in [4.69, 9.17) is 14.2 Å². The molecule has 1 amide bonds. The number of benzene rings is 2. The van der Waals surface area contributed by atoms with Gasteiger partial charge in [0.1, 0.15) is 17.2 Å². The first-order valence-electron chi connectivity index (χ1n) is 9.45. The van der Waals surface area contributed by atoms with E-state index in [0.717, 1.165) is 24.2 Å². The van der Waals surface area contributed by atoms with Gasteiger partial charge in [-0.15, -0.1) is 0 Å². The van der Waals surface area contributed by atoms with Gasteiger partial charge in [0.2, 0.25) is 5.91 Å². The Bertz CT molecular complexity index is 746. The summed E-state index contributed by atoms with van der Waals surface area (Å²) in [5.74, 6) is 2.13. The fourth-order valence-electron chi connectivity index (χ4n) is 3.33. The zero-order valence-electron chi connectivity index (χ0n) is 16.0. The minimum absolute atomic E-state index is 0.0487. The van der Waals surface area contributed by atoms with Crippen LogP contribution in [0.4, 0.5) is 5.69 Å². The van der Waals surface area contributed by atoms with Gasteiger partial charge in [0.05, 0.1) is 20.3 Å². The van der Waals surface area contributed by atoms with E-state index in [0.29, 0.717) is 36.1 Å². The first-order valence-corrected chi connectivity index (χ1v) is 9.45. The van der Waals surface area contributed by atoms with Crippen LogP contribution in [0.3, 0.4) is 0 Å². The van der Waals surface area contributed by atoms with E-state index in [1.807, 2.05) is 24.3 Å². The lowest BCUT2D eigenvalue weighted by Crippen LogP contribution is -2.13. The molecular weight excluding hydrogens is 342 g/mol. The molecule has 27 heavy (non-hydrogen) atoms. The van der Waals surface area contributed by atoms with Crippen LogP contribution in [0.5, 0.6) is 17.2 Å². The van der Waals surface area contributed by atoms with Crippen molar-refractivity contribution in [2.75, 3.05) is 19.5 Å². The molecular formula is C22H27NO4. The number of rotatable bonds is 8. The van der Waals surface area contributed by atoms with Crippen molar-refractivity contribution >= 4 is 11.6 Å². The lowest BCUT2D eigenvalue weighted by molar-refractivity contribution is -0.116. The lowest BCUT2D eigenvalue weighted by Gasteiger charge is -2.14. The molecule has 3 rings (SSSR count). The molecule has 5 nitrogen and oxygen atoms in total. The van der Waals surface area contributed by atoms with Crippen molar-refractivity contribution in [2.45, 2.75) is 44.6 Å². The first-order chi connectivity index (χ1) is 13.2. The van der Waals surface area contributed by atoms with Gasteiger partial charge >= 0.3 is 0 Å². The van der Waals surface area contributed by atoms with E-state index >= 15 is 0 Å². The smallest absolute Gasteiger partial charge is 0.224 e. The molecule has 0 aliphatic heterocycles. The molecule has 1 saturated carbocycles. The van der Waals surface area contributed by atoms with Crippen LogP contribution in [0, 0.1) is 0 Å². The molecule has 5 heteroatoms. The summed E-state index contributed by atoms with van der Waals surface area (Å²) < 4.78 is 16.5. The van der Waals surface area contributed by atoms with Gasteiger partial charge in [-0.2, -0.15) is 0 Å². The molecule has 2 aromatic rings. The monoisotopic (exact) mass is 369 g/mol. The predicted octanol–water partition coefficient (Wildman–Crippen LogP) is 4.60. The highest BCUT2D eigenvalue weighted by atomic mass is 16.5. The van der Waals surface area contributed by atoms with Gasteiger partial charge in [0, 0.05) is 30.3 Å². The number of anilines is 1. The fraction of sp³-hybridized carbons (Fsp3) is 0.409. The normalized spacial score (nSPS) is 14.0. The van der Waals surface area contributed by atoms with E-state index < -0.39 is 0 Å². The Labute approximate surface area is 160 Å². The molecule has 0 atom stereocenters. The number of hydrogen-bond donors (Lipinski definition) is 1. The third kappa shape index (κ3) is 5.64. The van der Waals surface area contributed by atoms with E-state index in [1.54, 1.807) is 32.4 Å². The Balaban J connectivity index is 1.54. The topological polar surface area (TPSA) is 56.8 Å². The van der Waals surface area contributed by atoms with Crippen LogP contribution < -0.4 is 19.5 Å². The predicted molar refractivity (Wildman–Crippen MR) is 106 cm³/mol. The Morgan fingerprint density at radius 2 is 1.70 bits per heavy atom. The molecule has 0 bridgehead atoms. The van der Waals surface area contributed by atoms with Crippen molar-refractivity contribution in [2.24, 2.45) is 0 Å². The molecule has 1 fully saturated rings. The van der Waals surface area contributed by atoms with E-state index in [1.165, 1.54) is 12.8 Å². The molecule has 1 N–H and O–H groups in total. The summed E-state index contributed by atoms with van der Waals surface area (Å²) in [6, 6.07) is 13.4. The van der Waals surface area contributed by atoms with Crippen molar-refractivity contribution in [3.63, 3.8) is 0 Å². The summed E-state index contributed by atoms with van der Waals surface area (Å²) in [7, 11) is 3.17. The number of methoxy groups -OCH3 is 2. The summed E-state index contributed by atoms with van der Waals surface area (Å²) in [6.07, 6.45) is 6.17. The van der Waals surface area contributed by atoms with E-state index in [9.17, 15) is 4.79 Å². The van der Waals surface area contributed by atoms with Gasteiger partial charge in [-0.3, -0.25) is 4.79 Å². The van der Waals surface area contributed by atoms with E-state index in [-0.39, 0.29) is 5.91 Å². The summed E-state index contributed by atoms with van der Waals surface area (Å²) >= 11 is 0. The van der Waals surface area contributed by atoms with Crippen LogP contribution in [0.1, 0.15) is 37.7 Å². The molecule has 0 saturated heterocycles. The van der Waals surface area contributed by atoms with Crippen LogP contribution in [0.2, 0.25) is 0 Å². The highest BCUT2D eigenvalue weighted by Crippen LogP contribution is 2.27. The van der Waals surface area contributed by atoms with Gasteiger partial charge < -0.3 is 19.5 Å². The van der Waals surface area contributed by atoms with Crippen LogP contribution in [-0.2, 0) is 11.2 Å². The number of nitrogens with one attached hydrogen (secondary N) is 1. The largest absolute Gasteiger partial charge is 0.497 e. The molecule has 1 aliphatic carbocycles. The summed E-state index contributed by atoms with van der Waals surface area (Å²) in [5, 5.41) is 2.90. The Hall–Kier alpha value is -2.69. The molecule has 0 unspecified atom stereocenters. The van der Waals surface area contributed by atoms with Crippen molar-refractivity contribution in [3.05, 3.63) is 48.0 Å². The molecule has 0 heterocycles. The van der Waals surface area contributed by atoms with Crippen molar-refractivity contribution in [1.82, 2.24) is 0 Å². The average molecular weight is 369 g/mol. The highest BCUT2D eigenvalue weighted by Gasteiger charge is 2.16. The number of hydrogen-bond acceptors (Lipinski definition) is 4. The summed E-state index contributed by atoms with van der Waals surface area (Å²) in [5.41, 5.74) is 1.76. The highest BCUT2D eigenvalue weighted by molar-refractivity contribution is 5.91. The van der Waals surface area contributed by atoms with Crippen LogP contribution in [0.25, 0.3) is 0 Å². The van der Waals surface area contributed by atoms with Gasteiger partial charge in [0.15, 0.2) is 0 Å². The van der Waals surface area contributed by atoms with Gasteiger partial charge in [-0.25, -0.2) is 0 Å². The van der Waals surface area contributed by atoms with Crippen molar-refractivity contribution in [1.29, 1.82) is 0 Å². The van der Waals surface area contributed by atoms with Crippen LogP contribution in [0.15, 0.2) is 42.5 Å². The van der Waals surface area contributed by atoms with E-state index in [2.05, 4.69) is 5.32 Å². The molecule has 0 aromatic heterocycles. The van der Waals surface area contributed by atoms with Crippen LogP contribution in [-0.4, -0.2) is 26.2 Å². The molecule has 2 aromatic carbocycles. The number of ether oxygens (including phenoxy) is 3. The maximum Gasteiger partial charge on any atom is 0.224 e. The summed E-state index contributed by atoms with van der Waals surface area (Å²) in [6.45, 7) is 0. The quantitative estimate of drug-likeness (QED) is 0.739. The molecule has 0 spiro atoms. The summed E-state index contributed by atoms with van der Waals surface area (Å²) in [4.78, 5) is 12.3. The average Bonchev–Trinajstić information content (AvgIpc) is 3.19. The SMILES string of the molecule is COc1cc(NC(=O)CCc2cccc(OC3CCCC3)c2)cc(OC)c1. The minimum atomic E-state index is -0.0487. The standard InChI is InChI=1S/C22H27NO4/c1-25-20-13-17(14-21(15-20)26-2)23-22(24)11-10-16-6-5-9-19(12-16)27-18-7-3-4-8-18/h5-6,9,12-15,18H,3-4,7-8,10-11H2,1-2H3,(H,23,24). The zero-order chi connectivity index (χ0) is 19.1. The van der Waals surface area contributed by atoms with Gasteiger partial charge in [-0.05, 0) is 49.8 Å². The lowest BCUT2D eigenvalue weighted by atomic mass is 10.1. The minimum Gasteiger partial charge on any atom is -0.497 e. The second kappa shape index (κ2) is 9.31. The zero-order valence-corrected chi connectivity index (χ0v) is 16.0. The Morgan fingerprint density at radius 3 is 2.37 bits per heavy atom. The maximum atomic E-state index is 12.3. The van der Waals surface area contributed by atoms with Gasteiger partial charge in [0.25, 0.3) is 0 Å². The van der Waals surface area contributed by atoms with Gasteiger partial charge in [-0.1, -0.05) is 12.1 Å². The number of carbonyl (C=O) groups excluding carboxylic acids is 1. The third-order valence-corrected chi connectivity index (χ3v) is 4.78. The maximum absolute atomic E-state index is 12.3. The Kier molecular flexibility index (Phi) is 6.58. The second-order valence-electron chi connectivity index (χ2n) is 6.82. The van der Waals surface area contributed by atoms with Crippen LogP contribution >= 0.6 is 0 Å². The third-order valence-electron chi connectivity index (χ3n) is 4.78. The molecule has 1 aliphatic rings. The fourth-order valence-corrected chi connectivity index (χ4v) is 3.33.